The molecule has 0 saturated heterocycles. The molecule has 0 unspecified atom stereocenters. The number of ether oxygens (including phenoxy) is 2. The molecule has 0 aliphatic carbocycles. The lowest BCUT2D eigenvalue weighted by Gasteiger charge is -2.10. The first-order valence-electron chi connectivity index (χ1n) is 4.56. The lowest BCUT2D eigenvalue weighted by atomic mass is 10.1. The number of aromatic carboxylic acids is 1. The number of methoxy groups -OCH3 is 2. The first-order chi connectivity index (χ1) is 7.63. The van der Waals surface area contributed by atoms with Crippen molar-refractivity contribution in [2.75, 3.05) is 14.2 Å². The number of carboxylic acids is 1. The highest BCUT2D eigenvalue weighted by molar-refractivity contribution is 5.89. The molecular weight excluding hydrogens is 208 g/mol. The van der Waals surface area contributed by atoms with Crippen LogP contribution >= 0.6 is 0 Å². The minimum Gasteiger partial charge on any atom is -0.493 e. The van der Waals surface area contributed by atoms with Crippen molar-refractivity contribution in [2.24, 2.45) is 0 Å². The molecule has 16 heavy (non-hydrogen) atoms. The molecule has 4 nitrogen and oxygen atoms in total. The number of carbonyl (C=O) groups is 1. The van der Waals surface area contributed by atoms with E-state index >= 15 is 0 Å². The number of benzene rings is 1. The summed E-state index contributed by atoms with van der Waals surface area (Å²) in [5.74, 6) is 5.26. The predicted octanol–water partition coefficient (Wildman–Crippen LogP) is 1.77. The molecule has 84 valence electrons. The largest absolute Gasteiger partial charge is 0.493 e. The predicted molar refractivity (Wildman–Crippen MR) is 59.1 cm³/mol. The van der Waals surface area contributed by atoms with Gasteiger partial charge in [-0.05, 0) is 19.1 Å². The summed E-state index contributed by atoms with van der Waals surface area (Å²) < 4.78 is 10.2. The lowest BCUT2D eigenvalue weighted by Crippen LogP contribution is -2.01. The fraction of sp³-hybridized carbons (Fsp3) is 0.250. The summed E-state index contributed by atoms with van der Waals surface area (Å²) in [5, 5.41) is 8.92. The highest BCUT2D eigenvalue weighted by Crippen LogP contribution is 2.32. The highest BCUT2D eigenvalue weighted by atomic mass is 16.5. The van der Waals surface area contributed by atoms with Gasteiger partial charge in [0.25, 0.3) is 0 Å². The Morgan fingerprint density at radius 2 is 2.00 bits per heavy atom. The first-order valence-corrected chi connectivity index (χ1v) is 4.56. The number of hydrogen-bond acceptors (Lipinski definition) is 3. The Morgan fingerprint density at radius 1 is 1.31 bits per heavy atom. The van der Waals surface area contributed by atoms with E-state index in [1.165, 1.54) is 26.4 Å². The van der Waals surface area contributed by atoms with Crippen molar-refractivity contribution in [3.05, 3.63) is 23.3 Å². The van der Waals surface area contributed by atoms with Crippen LogP contribution in [0.25, 0.3) is 0 Å². The standard InChI is InChI=1S/C12H12O4/c1-4-5-8-6-9(12(13)14)7-10(15-2)11(8)16-3/h6-7H,1-3H3,(H,13,14). The molecule has 0 spiro atoms. The second kappa shape index (κ2) is 5.08. The smallest absolute Gasteiger partial charge is 0.335 e. The van der Waals surface area contributed by atoms with Crippen LogP contribution in [-0.4, -0.2) is 25.3 Å². The van der Waals surface area contributed by atoms with E-state index in [-0.39, 0.29) is 5.56 Å². The zero-order valence-electron chi connectivity index (χ0n) is 9.33. The van der Waals surface area contributed by atoms with Crippen molar-refractivity contribution in [2.45, 2.75) is 6.92 Å². The number of hydrogen-bond donors (Lipinski definition) is 1. The molecule has 0 aliphatic heterocycles. The zero-order valence-corrected chi connectivity index (χ0v) is 9.33. The molecule has 0 fully saturated rings. The van der Waals surface area contributed by atoms with Gasteiger partial charge in [0.05, 0.1) is 25.3 Å². The molecule has 0 bridgehead atoms. The Bertz CT molecular complexity index is 466. The zero-order chi connectivity index (χ0) is 12.1. The molecule has 0 aliphatic rings. The van der Waals surface area contributed by atoms with E-state index in [1.54, 1.807) is 6.92 Å². The summed E-state index contributed by atoms with van der Waals surface area (Å²) in [7, 11) is 2.94. The molecule has 1 rings (SSSR count). The third kappa shape index (κ3) is 2.26. The van der Waals surface area contributed by atoms with Gasteiger partial charge < -0.3 is 14.6 Å². The minimum absolute atomic E-state index is 0.121. The van der Waals surface area contributed by atoms with Crippen LogP contribution in [0.5, 0.6) is 11.5 Å². The normalized spacial score (nSPS) is 8.94. The van der Waals surface area contributed by atoms with Crippen LogP contribution in [0.3, 0.4) is 0 Å². The van der Waals surface area contributed by atoms with Crippen LogP contribution in [0, 0.1) is 11.8 Å². The molecule has 1 aromatic rings. The van der Waals surface area contributed by atoms with E-state index in [0.29, 0.717) is 17.1 Å². The van der Waals surface area contributed by atoms with Gasteiger partial charge in [-0.3, -0.25) is 0 Å². The molecule has 0 heterocycles. The fourth-order valence-corrected chi connectivity index (χ4v) is 1.32. The second-order valence-electron chi connectivity index (χ2n) is 2.94. The van der Waals surface area contributed by atoms with Gasteiger partial charge in [0.15, 0.2) is 11.5 Å². The molecule has 0 radical (unpaired) electrons. The molecule has 0 aromatic heterocycles. The minimum atomic E-state index is -1.03. The third-order valence-corrected chi connectivity index (χ3v) is 1.99. The van der Waals surface area contributed by atoms with Gasteiger partial charge in [-0.2, -0.15) is 0 Å². The third-order valence-electron chi connectivity index (χ3n) is 1.99. The Kier molecular flexibility index (Phi) is 3.78. The van der Waals surface area contributed by atoms with Crippen molar-refractivity contribution in [3.63, 3.8) is 0 Å². The first kappa shape index (κ1) is 11.9. The van der Waals surface area contributed by atoms with Crippen molar-refractivity contribution >= 4 is 5.97 Å². The van der Waals surface area contributed by atoms with Crippen molar-refractivity contribution in [1.29, 1.82) is 0 Å². The fourth-order valence-electron chi connectivity index (χ4n) is 1.32. The van der Waals surface area contributed by atoms with Crippen molar-refractivity contribution in [1.82, 2.24) is 0 Å². The lowest BCUT2D eigenvalue weighted by molar-refractivity contribution is 0.0696. The van der Waals surface area contributed by atoms with Gasteiger partial charge >= 0.3 is 5.97 Å². The van der Waals surface area contributed by atoms with E-state index in [9.17, 15) is 4.79 Å². The van der Waals surface area contributed by atoms with Crippen LogP contribution in [0.2, 0.25) is 0 Å². The topological polar surface area (TPSA) is 55.8 Å². The quantitative estimate of drug-likeness (QED) is 0.789. The van der Waals surface area contributed by atoms with Crippen LogP contribution in [-0.2, 0) is 0 Å². The maximum atomic E-state index is 10.9. The maximum Gasteiger partial charge on any atom is 0.335 e. The molecule has 0 saturated carbocycles. The number of carboxylic acid groups (broad SMARTS) is 1. The molecule has 0 atom stereocenters. The molecular formula is C12H12O4. The second-order valence-corrected chi connectivity index (χ2v) is 2.94. The molecule has 1 N–H and O–H groups in total. The van der Waals surface area contributed by atoms with Crippen molar-refractivity contribution in [3.8, 4) is 23.3 Å². The van der Waals surface area contributed by atoms with E-state index in [1.807, 2.05) is 0 Å². The SMILES string of the molecule is CC#Cc1cc(C(=O)O)cc(OC)c1OC. The molecule has 4 heteroatoms. The van der Waals surface area contributed by atoms with Gasteiger partial charge in [0.1, 0.15) is 0 Å². The average Bonchev–Trinajstić information content (AvgIpc) is 2.28. The summed E-state index contributed by atoms with van der Waals surface area (Å²) >= 11 is 0. The van der Waals surface area contributed by atoms with E-state index in [0.717, 1.165) is 0 Å². The van der Waals surface area contributed by atoms with Gasteiger partial charge in [-0.1, -0.05) is 5.92 Å². The summed E-state index contributed by atoms with van der Waals surface area (Å²) in [6.45, 7) is 1.67. The van der Waals surface area contributed by atoms with E-state index in [4.69, 9.17) is 14.6 Å². The Morgan fingerprint density at radius 3 is 2.44 bits per heavy atom. The van der Waals surface area contributed by atoms with Gasteiger partial charge in [-0.15, -0.1) is 5.92 Å². The Hall–Kier alpha value is -2.15. The molecule has 0 amide bonds. The Labute approximate surface area is 93.8 Å². The molecule has 1 aromatic carbocycles. The summed E-state index contributed by atoms with van der Waals surface area (Å²) in [6.07, 6.45) is 0. The van der Waals surface area contributed by atoms with Crippen LogP contribution < -0.4 is 9.47 Å². The van der Waals surface area contributed by atoms with Crippen molar-refractivity contribution < 1.29 is 19.4 Å². The van der Waals surface area contributed by atoms with Gasteiger partial charge in [0, 0.05) is 0 Å². The van der Waals surface area contributed by atoms with Crippen LogP contribution in [0.1, 0.15) is 22.8 Å². The van der Waals surface area contributed by atoms with Gasteiger partial charge in [-0.25, -0.2) is 4.79 Å². The summed E-state index contributed by atoms with van der Waals surface area (Å²) in [6, 6.07) is 2.86. The van der Waals surface area contributed by atoms with Crippen LogP contribution in [0.15, 0.2) is 12.1 Å². The maximum absolute atomic E-state index is 10.9. The van der Waals surface area contributed by atoms with E-state index < -0.39 is 5.97 Å². The summed E-state index contributed by atoms with van der Waals surface area (Å²) in [5.41, 5.74) is 0.622. The Balaban J connectivity index is 3.47. The average molecular weight is 220 g/mol. The number of rotatable bonds is 3. The monoisotopic (exact) mass is 220 g/mol. The van der Waals surface area contributed by atoms with E-state index in [2.05, 4.69) is 11.8 Å². The highest BCUT2D eigenvalue weighted by Gasteiger charge is 2.14. The summed E-state index contributed by atoms with van der Waals surface area (Å²) in [4.78, 5) is 10.9. The van der Waals surface area contributed by atoms with Gasteiger partial charge in [0.2, 0.25) is 0 Å². The van der Waals surface area contributed by atoms with Crippen LogP contribution in [0.4, 0.5) is 0 Å².